The molecule has 1 fully saturated rings. The summed E-state index contributed by atoms with van der Waals surface area (Å²) in [6, 6.07) is 9.69. The van der Waals surface area contributed by atoms with E-state index in [0.29, 0.717) is 25.7 Å². The molecule has 27 heavy (non-hydrogen) atoms. The summed E-state index contributed by atoms with van der Waals surface area (Å²) in [4.78, 5) is 35.0. The zero-order chi connectivity index (χ0) is 19.6. The number of nitrogens with one attached hydrogen (secondary N) is 2. The molecule has 1 saturated carbocycles. The predicted octanol–water partition coefficient (Wildman–Crippen LogP) is 0.647. The van der Waals surface area contributed by atoms with Gasteiger partial charge in [0.15, 0.2) is 0 Å². The SMILES string of the molecule is NC(=O)CNC(=O)[C@H]1CC[C@@H](O)[C@H](NC(=O)CCCCc2ccccc2)C1. The van der Waals surface area contributed by atoms with Crippen molar-refractivity contribution >= 4 is 17.7 Å². The molecule has 0 heterocycles. The van der Waals surface area contributed by atoms with Crippen molar-refractivity contribution in [1.82, 2.24) is 10.6 Å². The van der Waals surface area contributed by atoms with Crippen LogP contribution in [0.1, 0.15) is 44.1 Å². The minimum atomic E-state index is -0.654. The van der Waals surface area contributed by atoms with Gasteiger partial charge in [0.2, 0.25) is 17.7 Å². The van der Waals surface area contributed by atoms with Crippen LogP contribution in [0.4, 0.5) is 0 Å². The topological polar surface area (TPSA) is 122 Å². The van der Waals surface area contributed by atoms with Crippen molar-refractivity contribution in [2.75, 3.05) is 6.54 Å². The molecule has 148 valence electrons. The zero-order valence-corrected chi connectivity index (χ0v) is 15.5. The Morgan fingerprint density at radius 1 is 1.11 bits per heavy atom. The Hall–Kier alpha value is -2.41. The second kappa shape index (κ2) is 10.7. The van der Waals surface area contributed by atoms with Crippen LogP contribution in [-0.4, -0.2) is 41.5 Å². The standard InChI is InChI=1S/C20H29N3O4/c21-18(25)13-22-20(27)15-10-11-17(24)16(12-15)23-19(26)9-5-4-8-14-6-2-1-3-7-14/h1-3,6-7,15-17,24H,4-5,8-13H2,(H2,21,25)(H,22,27)(H,23,26)/t15-,16+,17+/m0/s1. The second-order valence-corrected chi connectivity index (χ2v) is 7.13. The summed E-state index contributed by atoms with van der Waals surface area (Å²) in [6.45, 7) is -0.198. The highest BCUT2D eigenvalue weighted by atomic mass is 16.3. The van der Waals surface area contributed by atoms with Crippen LogP contribution < -0.4 is 16.4 Å². The molecular formula is C20H29N3O4. The van der Waals surface area contributed by atoms with Crippen molar-refractivity contribution in [2.45, 2.75) is 57.1 Å². The number of aliphatic hydroxyl groups is 1. The highest BCUT2D eigenvalue weighted by Gasteiger charge is 2.33. The third-order valence-corrected chi connectivity index (χ3v) is 4.93. The van der Waals surface area contributed by atoms with E-state index in [-0.39, 0.29) is 24.3 Å². The summed E-state index contributed by atoms with van der Waals surface area (Å²) in [5.41, 5.74) is 6.28. The fourth-order valence-electron chi connectivity index (χ4n) is 3.40. The van der Waals surface area contributed by atoms with Gasteiger partial charge in [0.05, 0.1) is 18.7 Å². The number of nitrogens with two attached hydrogens (primary N) is 1. The number of carbonyl (C=O) groups excluding carboxylic acids is 3. The summed E-state index contributed by atoms with van der Waals surface area (Å²) in [6.07, 6.45) is 3.69. The molecule has 2 rings (SSSR count). The fraction of sp³-hybridized carbons (Fsp3) is 0.550. The van der Waals surface area contributed by atoms with Gasteiger partial charge in [0.25, 0.3) is 0 Å². The van der Waals surface area contributed by atoms with Crippen LogP contribution in [0.5, 0.6) is 0 Å². The lowest BCUT2D eigenvalue weighted by Gasteiger charge is -2.33. The van der Waals surface area contributed by atoms with Gasteiger partial charge in [-0.25, -0.2) is 0 Å². The molecule has 3 atom stereocenters. The zero-order valence-electron chi connectivity index (χ0n) is 15.5. The first-order chi connectivity index (χ1) is 13.0. The Bertz CT molecular complexity index is 635. The molecule has 1 aromatic rings. The summed E-state index contributed by atoms with van der Waals surface area (Å²) in [5, 5.41) is 15.5. The van der Waals surface area contributed by atoms with Crippen LogP contribution in [0.25, 0.3) is 0 Å². The number of hydrogen-bond donors (Lipinski definition) is 4. The van der Waals surface area contributed by atoms with Crippen LogP contribution in [-0.2, 0) is 20.8 Å². The van der Waals surface area contributed by atoms with E-state index in [4.69, 9.17) is 5.73 Å². The number of aliphatic hydroxyl groups excluding tert-OH is 1. The third-order valence-electron chi connectivity index (χ3n) is 4.93. The lowest BCUT2D eigenvalue weighted by Crippen LogP contribution is -2.50. The molecule has 5 N–H and O–H groups in total. The molecule has 1 aliphatic rings. The van der Waals surface area contributed by atoms with E-state index < -0.39 is 18.1 Å². The summed E-state index contributed by atoms with van der Waals surface area (Å²) in [7, 11) is 0. The monoisotopic (exact) mass is 375 g/mol. The largest absolute Gasteiger partial charge is 0.391 e. The number of unbranched alkanes of at least 4 members (excludes halogenated alkanes) is 1. The van der Waals surface area contributed by atoms with Crippen molar-refractivity contribution in [3.63, 3.8) is 0 Å². The molecular weight excluding hydrogens is 346 g/mol. The Morgan fingerprint density at radius 3 is 2.56 bits per heavy atom. The number of benzene rings is 1. The van der Waals surface area contributed by atoms with Crippen LogP contribution in [0.15, 0.2) is 30.3 Å². The van der Waals surface area contributed by atoms with Gasteiger partial charge in [-0.15, -0.1) is 0 Å². The van der Waals surface area contributed by atoms with E-state index in [1.807, 2.05) is 18.2 Å². The Morgan fingerprint density at radius 2 is 1.85 bits per heavy atom. The summed E-state index contributed by atoms with van der Waals surface area (Å²) in [5.74, 6) is -1.30. The van der Waals surface area contributed by atoms with Crippen LogP contribution in [0.3, 0.4) is 0 Å². The molecule has 7 nitrogen and oxygen atoms in total. The van der Waals surface area contributed by atoms with E-state index in [2.05, 4.69) is 22.8 Å². The number of hydrogen-bond acceptors (Lipinski definition) is 4. The predicted molar refractivity (Wildman–Crippen MR) is 101 cm³/mol. The van der Waals surface area contributed by atoms with Gasteiger partial charge in [-0.2, -0.15) is 0 Å². The van der Waals surface area contributed by atoms with E-state index in [9.17, 15) is 19.5 Å². The van der Waals surface area contributed by atoms with Gasteiger partial charge in [0, 0.05) is 12.3 Å². The van der Waals surface area contributed by atoms with Gasteiger partial charge in [-0.05, 0) is 44.1 Å². The molecule has 0 bridgehead atoms. The van der Waals surface area contributed by atoms with Gasteiger partial charge in [-0.1, -0.05) is 30.3 Å². The van der Waals surface area contributed by atoms with Gasteiger partial charge < -0.3 is 21.5 Å². The summed E-state index contributed by atoms with van der Waals surface area (Å²) < 4.78 is 0. The van der Waals surface area contributed by atoms with Crippen molar-refractivity contribution in [3.8, 4) is 0 Å². The van der Waals surface area contributed by atoms with Crippen molar-refractivity contribution in [3.05, 3.63) is 35.9 Å². The minimum absolute atomic E-state index is 0.106. The van der Waals surface area contributed by atoms with E-state index >= 15 is 0 Å². The Labute approximate surface area is 159 Å². The smallest absolute Gasteiger partial charge is 0.236 e. The molecule has 1 aliphatic carbocycles. The average molecular weight is 375 g/mol. The first kappa shape index (κ1) is 20.9. The maximum absolute atomic E-state index is 12.2. The second-order valence-electron chi connectivity index (χ2n) is 7.13. The maximum atomic E-state index is 12.2. The molecule has 7 heteroatoms. The van der Waals surface area contributed by atoms with E-state index in [1.165, 1.54) is 5.56 Å². The van der Waals surface area contributed by atoms with E-state index in [0.717, 1.165) is 19.3 Å². The minimum Gasteiger partial charge on any atom is -0.391 e. The first-order valence-electron chi connectivity index (χ1n) is 9.53. The normalized spacial score (nSPS) is 22.0. The molecule has 0 saturated heterocycles. The fourth-order valence-corrected chi connectivity index (χ4v) is 3.40. The molecule has 0 aromatic heterocycles. The summed E-state index contributed by atoms with van der Waals surface area (Å²) >= 11 is 0. The Kier molecular flexibility index (Phi) is 8.26. The molecule has 1 aromatic carbocycles. The van der Waals surface area contributed by atoms with E-state index in [1.54, 1.807) is 0 Å². The molecule has 0 spiro atoms. The molecule has 0 unspecified atom stereocenters. The maximum Gasteiger partial charge on any atom is 0.236 e. The number of carbonyl (C=O) groups is 3. The Balaban J connectivity index is 1.71. The lowest BCUT2D eigenvalue weighted by molar-refractivity contribution is -0.130. The molecule has 0 radical (unpaired) electrons. The highest BCUT2D eigenvalue weighted by Crippen LogP contribution is 2.25. The average Bonchev–Trinajstić information content (AvgIpc) is 2.66. The van der Waals surface area contributed by atoms with Crippen molar-refractivity contribution in [1.29, 1.82) is 0 Å². The highest BCUT2D eigenvalue weighted by molar-refractivity contribution is 5.85. The first-order valence-corrected chi connectivity index (χ1v) is 9.53. The number of aryl methyl sites for hydroxylation is 1. The number of rotatable bonds is 9. The van der Waals surface area contributed by atoms with Crippen LogP contribution in [0.2, 0.25) is 0 Å². The van der Waals surface area contributed by atoms with Gasteiger partial charge >= 0.3 is 0 Å². The van der Waals surface area contributed by atoms with Crippen LogP contribution in [0, 0.1) is 5.92 Å². The van der Waals surface area contributed by atoms with Gasteiger partial charge in [0.1, 0.15) is 0 Å². The lowest BCUT2D eigenvalue weighted by atomic mass is 9.83. The third kappa shape index (κ3) is 7.38. The number of amides is 3. The van der Waals surface area contributed by atoms with Crippen molar-refractivity contribution in [2.24, 2.45) is 11.7 Å². The molecule has 0 aliphatic heterocycles. The molecule has 3 amide bonds. The number of primary amides is 1. The van der Waals surface area contributed by atoms with Gasteiger partial charge in [-0.3, -0.25) is 14.4 Å². The quantitative estimate of drug-likeness (QED) is 0.473. The van der Waals surface area contributed by atoms with Crippen LogP contribution >= 0.6 is 0 Å². The van der Waals surface area contributed by atoms with Crippen molar-refractivity contribution < 1.29 is 19.5 Å².